The van der Waals surface area contributed by atoms with Crippen LogP contribution in [-0.2, 0) is 20.9 Å². The predicted molar refractivity (Wildman–Crippen MR) is 125 cm³/mol. The standard InChI is InChI=1S/C24H25N5O5/c30-21(5-6-22(31)32)27-17-3-4-18-19(14-26-20(18)12-17)23(24(33)34)29-10-8-28(9-11-29)15-16-2-1-7-25-13-16/h1-7,12-14,23,26H,8-11,15H2,(H,27,30)(H,31,32)(H,33,34)/b6-5+/t23-/m1/s1. The van der Waals surface area contributed by atoms with Crippen molar-refractivity contribution in [3.63, 3.8) is 0 Å². The predicted octanol–water partition coefficient (Wildman–Crippen LogP) is 2.09. The number of piperazine rings is 1. The van der Waals surface area contributed by atoms with Crippen molar-refractivity contribution in [2.45, 2.75) is 12.6 Å². The zero-order valence-corrected chi connectivity index (χ0v) is 18.3. The summed E-state index contributed by atoms with van der Waals surface area (Å²) in [6.07, 6.45) is 6.97. The third kappa shape index (κ3) is 5.48. The maximum Gasteiger partial charge on any atom is 0.328 e. The Labute approximate surface area is 195 Å². The van der Waals surface area contributed by atoms with Crippen LogP contribution < -0.4 is 5.32 Å². The molecule has 0 aliphatic carbocycles. The van der Waals surface area contributed by atoms with Gasteiger partial charge in [0.25, 0.3) is 0 Å². The number of H-pyrrole nitrogens is 1. The number of anilines is 1. The first-order chi connectivity index (χ1) is 16.4. The summed E-state index contributed by atoms with van der Waals surface area (Å²) in [5, 5.41) is 22.0. The quantitative estimate of drug-likeness (QED) is 0.373. The van der Waals surface area contributed by atoms with Crippen LogP contribution >= 0.6 is 0 Å². The van der Waals surface area contributed by atoms with Crippen molar-refractivity contribution < 1.29 is 24.6 Å². The van der Waals surface area contributed by atoms with E-state index < -0.39 is 23.9 Å². The number of carboxylic acids is 2. The summed E-state index contributed by atoms with van der Waals surface area (Å²) in [6, 6.07) is 8.25. The molecule has 1 saturated heterocycles. The van der Waals surface area contributed by atoms with Crippen molar-refractivity contribution in [2.75, 3.05) is 31.5 Å². The summed E-state index contributed by atoms with van der Waals surface area (Å²) in [6.45, 7) is 3.52. The molecule has 0 spiro atoms. The van der Waals surface area contributed by atoms with Crippen LogP contribution in [0.1, 0.15) is 17.2 Å². The fourth-order valence-corrected chi connectivity index (χ4v) is 4.20. The molecule has 10 nitrogen and oxygen atoms in total. The number of hydrogen-bond donors (Lipinski definition) is 4. The van der Waals surface area contributed by atoms with Crippen molar-refractivity contribution >= 4 is 34.4 Å². The number of nitrogens with one attached hydrogen (secondary N) is 2. The van der Waals surface area contributed by atoms with E-state index in [9.17, 15) is 19.5 Å². The smallest absolute Gasteiger partial charge is 0.328 e. The van der Waals surface area contributed by atoms with Crippen LogP contribution in [0.2, 0.25) is 0 Å². The molecule has 4 rings (SSSR count). The van der Waals surface area contributed by atoms with Crippen LogP contribution in [0.4, 0.5) is 5.69 Å². The topological polar surface area (TPSA) is 139 Å². The summed E-state index contributed by atoms with van der Waals surface area (Å²) in [5.41, 5.74) is 2.93. The number of aromatic amines is 1. The molecular weight excluding hydrogens is 438 g/mol. The molecule has 2 aromatic heterocycles. The van der Waals surface area contributed by atoms with Crippen molar-refractivity contribution in [3.8, 4) is 0 Å². The minimum absolute atomic E-state index is 0.469. The number of amides is 1. The molecule has 176 valence electrons. The molecule has 4 N–H and O–H groups in total. The molecule has 1 amide bonds. The van der Waals surface area contributed by atoms with Gasteiger partial charge in [0.2, 0.25) is 5.91 Å². The van der Waals surface area contributed by atoms with E-state index >= 15 is 0 Å². The molecule has 0 bridgehead atoms. The first kappa shape index (κ1) is 23.1. The van der Waals surface area contributed by atoms with E-state index in [-0.39, 0.29) is 0 Å². The number of aliphatic carboxylic acids is 2. The molecule has 1 atom stereocenters. The molecule has 3 aromatic rings. The van der Waals surface area contributed by atoms with Crippen LogP contribution in [-0.4, -0.2) is 74.0 Å². The molecule has 3 heterocycles. The number of benzene rings is 1. The largest absolute Gasteiger partial charge is 0.480 e. The number of rotatable bonds is 8. The number of carboxylic acid groups (broad SMARTS) is 2. The van der Waals surface area contributed by atoms with Gasteiger partial charge in [-0.05, 0) is 23.8 Å². The van der Waals surface area contributed by atoms with Gasteiger partial charge in [0.05, 0.1) is 0 Å². The van der Waals surface area contributed by atoms with Crippen LogP contribution in [0.15, 0.2) is 61.1 Å². The lowest BCUT2D eigenvalue weighted by Gasteiger charge is -2.37. The van der Waals surface area contributed by atoms with Crippen molar-refractivity contribution in [2.24, 2.45) is 0 Å². The lowest BCUT2D eigenvalue weighted by Crippen LogP contribution is -2.48. The van der Waals surface area contributed by atoms with Gasteiger partial charge in [0, 0.05) is 85.6 Å². The third-order valence-corrected chi connectivity index (χ3v) is 5.79. The van der Waals surface area contributed by atoms with Gasteiger partial charge in [0.1, 0.15) is 6.04 Å². The van der Waals surface area contributed by atoms with E-state index in [1.807, 2.05) is 23.2 Å². The van der Waals surface area contributed by atoms with Gasteiger partial charge in [0.15, 0.2) is 0 Å². The van der Waals surface area contributed by atoms with E-state index in [2.05, 4.69) is 20.2 Å². The number of aromatic nitrogens is 2. The fraction of sp³-hybridized carbons (Fsp3) is 0.250. The lowest BCUT2D eigenvalue weighted by molar-refractivity contribution is -0.144. The Morgan fingerprint density at radius 2 is 1.91 bits per heavy atom. The zero-order valence-electron chi connectivity index (χ0n) is 18.3. The summed E-state index contributed by atoms with van der Waals surface area (Å²) < 4.78 is 0. The van der Waals surface area contributed by atoms with Crippen LogP contribution in [0.3, 0.4) is 0 Å². The van der Waals surface area contributed by atoms with E-state index in [0.717, 1.165) is 42.7 Å². The number of carbonyl (C=O) groups is 3. The highest BCUT2D eigenvalue weighted by Crippen LogP contribution is 2.31. The number of hydrogen-bond acceptors (Lipinski definition) is 6. The van der Waals surface area contributed by atoms with E-state index in [4.69, 9.17) is 5.11 Å². The minimum Gasteiger partial charge on any atom is -0.480 e. The number of nitrogens with zero attached hydrogens (tertiary/aromatic N) is 3. The molecule has 0 saturated carbocycles. The van der Waals surface area contributed by atoms with E-state index in [1.165, 1.54) is 0 Å². The second kappa shape index (κ2) is 10.3. The van der Waals surface area contributed by atoms with Gasteiger partial charge < -0.3 is 20.5 Å². The lowest BCUT2D eigenvalue weighted by atomic mass is 10.0. The Balaban J connectivity index is 1.46. The Bertz CT molecular complexity index is 1210. The molecule has 1 aliphatic rings. The highest BCUT2D eigenvalue weighted by Gasteiger charge is 2.32. The Morgan fingerprint density at radius 1 is 1.12 bits per heavy atom. The average molecular weight is 463 g/mol. The first-order valence-corrected chi connectivity index (χ1v) is 10.8. The van der Waals surface area contributed by atoms with Crippen molar-refractivity contribution in [3.05, 3.63) is 72.2 Å². The highest BCUT2D eigenvalue weighted by molar-refractivity contribution is 6.03. The third-order valence-electron chi connectivity index (χ3n) is 5.79. The Kier molecular flexibility index (Phi) is 7.00. The Hall–Kier alpha value is -4.02. The molecule has 10 heteroatoms. The SMILES string of the molecule is O=C(O)/C=C/C(=O)Nc1ccc2c([C@H](C(=O)O)N3CCN(Cc4cccnc4)CC3)c[nH]c2c1. The van der Waals surface area contributed by atoms with Gasteiger partial charge in [-0.3, -0.25) is 24.4 Å². The molecule has 0 radical (unpaired) electrons. The summed E-state index contributed by atoms with van der Waals surface area (Å²) >= 11 is 0. The van der Waals surface area contributed by atoms with E-state index in [1.54, 1.807) is 30.6 Å². The highest BCUT2D eigenvalue weighted by atomic mass is 16.4. The monoisotopic (exact) mass is 463 g/mol. The fourth-order valence-electron chi connectivity index (χ4n) is 4.20. The number of pyridine rings is 1. The molecule has 1 fully saturated rings. The van der Waals surface area contributed by atoms with Crippen LogP contribution in [0.5, 0.6) is 0 Å². The molecule has 1 aliphatic heterocycles. The molecule has 34 heavy (non-hydrogen) atoms. The van der Waals surface area contributed by atoms with Gasteiger partial charge in [-0.1, -0.05) is 12.1 Å². The zero-order chi connectivity index (χ0) is 24.1. The number of carbonyl (C=O) groups excluding carboxylic acids is 1. The van der Waals surface area contributed by atoms with Crippen LogP contribution in [0.25, 0.3) is 10.9 Å². The summed E-state index contributed by atoms with van der Waals surface area (Å²) in [5.74, 6) is -2.70. The van der Waals surface area contributed by atoms with Crippen molar-refractivity contribution in [1.82, 2.24) is 19.8 Å². The maximum atomic E-state index is 12.3. The van der Waals surface area contributed by atoms with Gasteiger partial charge in [-0.25, -0.2) is 4.79 Å². The molecule has 0 unspecified atom stereocenters. The minimum atomic E-state index is -1.21. The average Bonchev–Trinajstić information content (AvgIpc) is 3.22. The second-order valence-electron chi connectivity index (χ2n) is 8.08. The van der Waals surface area contributed by atoms with Gasteiger partial charge in [-0.15, -0.1) is 0 Å². The first-order valence-electron chi connectivity index (χ1n) is 10.8. The number of fused-ring (bicyclic) bond motifs is 1. The normalized spacial score (nSPS) is 16.0. The summed E-state index contributed by atoms with van der Waals surface area (Å²) in [7, 11) is 0. The van der Waals surface area contributed by atoms with Crippen molar-refractivity contribution in [1.29, 1.82) is 0 Å². The van der Waals surface area contributed by atoms with Gasteiger partial charge >= 0.3 is 11.9 Å². The van der Waals surface area contributed by atoms with E-state index in [0.29, 0.717) is 29.9 Å². The second-order valence-corrected chi connectivity index (χ2v) is 8.08. The maximum absolute atomic E-state index is 12.3. The van der Waals surface area contributed by atoms with Gasteiger partial charge in [-0.2, -0.15) is 0 Å². The molecular formula is C24H25N5O5. The van der Waals surface area contributed by atoms with Crippen LogP contribution in [0, 0.1) is 0 Å². The molecule has 1 aromatic carbocycles. The summed E-state index contributed by atoms with van der Waals surface area (Å²) in [4.78, 5) is 46.2. The Morgan fingerprint density at radius 3 is 2.59 bits per heavy atom.